The lowest BCUT2D eigenvalue weighted by Crippen LogP contribution is -1.93. The molecule has 13 aromatic rings. The fourth-order valence-electron chi connectivity index (χ4n) is 10.9. The van der Waals surface area contributed by atoms with E-state index in [4.69, 9.17) is 0 Å². The van der Waals surface area contributed by atoms with Crippen LogP contribution in [0.1, 0.15) is 11.1 Å². The highest BCUT2D eigenvalue weighted by atomic mass is 15.0. The number of benzene rings is 12. The molecule has 0 unspecified atom stereocenters. The highest BCUT2D eigenvalue weighted by molar-refractivity contribution is 6.22. The molecule has 0 spiro atoms. The summed E-state index contributed by atoms with van der Waals surface area (Å²) >= 11 is 0. The summed E-state index contributed by atoms with van der Waals surface area (Å²) in [5.74, 6) is 0. The lowest BCUT2D eigenvalue weighted by atomic mass is 9.84. The Labute approximate surface area is 415 Å². The van der Waals surface area contributed by atoms with Gasteiger partial charge in [0.1, 0.15) is 0 Å². The molecule has 0 N–H and O–H groups in total. The Bertz CT molecular complexity index is 4090. The van der Waals surface area contributed by atoms with Crippen LogP contribution in [0.5, 0.6) is 0 Å². The van der Waals surface area contributed by atoms with Crippen LogP contribution in [0.4, 0.5) is 0 Å². The molecular weight excluding hydrogens is 855 g/mol. The number of fused-ring (bicyclic) bond motifs is 5. The lowest BCUT2D eigenvalue weighted by Gasteiger charge is -2.19. The molecule has 1 heteroatoms. The van der Waals surface area contributed by atoms with Crippen molar-refractivity contribution in [2.75, 3.05) is 0 Å². The van der Waals surface area contributed by atoms with Gasteiger partial charge in [-0.1, -0.05) is 236 Å². The SMILES string of the molecule is Cc1ccc2c(-c3ccc(-c4ccc(-c5ccc6c(c5)c5cc(-c7ccccc7)ccc5n6-c5ccccc5)cc4)cc3)c3cc(C)ccc3c(-c3ccc(-c4ccc(-c5ccccc5)cc4)cc3)c2c1. The van der Waals surface area contributed by atoms with Crippen LogP contribution in [-0.2, 0) is 0 Å². The van der Waals surface area contributed by atoms with Crippen LogP contribution in [0.15, 0.2) is 261 Å². The maximum Gasteiger partial charge on any atom is 0.0541 e. The van der Waals surface area contributed by atoms with E-state index in [0.29, 0.717) is 0 Å². The topological polar surface area (TPSA) is 4.93 Å². The molecule has 0 saturated carbocycles. The summed E-state index contributed by atoms with van der Waals surface area (Å²) in [7, 11) is 0. The summed E-state index contributed by atoms with van der Waals surface area (Å²) in [5.41, 5.74) is 23.2. The normalized spacial score (nSPS) is 11.5. The first-order valence-electron chi connectivity index (χ1n) is 24.6. The number of para-hydroxylation sites is 1. The number of rotatable bonds is 8. The Hall–Kier alpha value is -9.04. The zero-order valence-corrected chi connectivity index (χ0v) is 39.8. The number of aryl methyl sites for hydroxylation is 2. The fourth-order valence-corrected chi connectivity index (χ4v) is 10.9. The fraction of sp³-hybridized carbons (Fsp3) is 0.0286. The molecule has 1 heterocycles. The van der Waals surface area contributed by atoms with Crippen LogP contribution in [0.3, 0.4) is 0 Å². The van der Waals surface area contributed by atoms with Crippen LogP contribution in [0, 0.1) is 13.8 Å². The average Bonchev–Trinajstić information content (AvgIpc) is 3.76. The Balaban J connectivity index is 0.838. The molecule has 0 saturated heterocycles. The Kier molecular flexibility index (Phi) is 10.4. The van der Waals surface area contributed by atoms with Gasteiger partial charge in [0.15, 0.2) is 0 Å². The summed E-state index contributed by atoms with van der Waals surface area (Å²) in [4.78, 5) is 0. The monoisotopic (exact) mass is 903 g/mol. The first-order chi connectivity index (χ1) is 35.0. The van der Waals surface area contributed by atoms with Crippen molar-refractivity contribution < 1.29 is 0 Å². The third kappa shape index (κ3) is 7.60. The lowest BCUT2D eigenvalue weighted by molar-refractivity contribution is 1.18. The first-order valence-corrected chi connectivity index (χ1v) is 24.6. The Morgan fingerprint density at radius 2 is 0.507 bits per heavy atom. The van der Waals surface area contributed by atoms with Gasteiger partial charge in [0.2, 0.25) is 0 Å². The largest absolute Gasteiger partial charge is 0.309 e. The molecule has 0 bridgehead atoms. The second-order valence-corrected chi connectivity index (χ2v) is 19.0. The van der Waals surface area contributed by atoms with E-state index in [1.807, 2.05) is 0 Å². The van der Waals surface area contributed by atoms with E-state index in [1.165, 1.54) is 132 Å². The van der Waals surface area contributed by atoms with Gasteiger partial charge in [-0.15, -0.1) is 0 Å². The van der Waals surface area contributed by atoms with Crippen molar-refractivity contribution in [2.45, 2.75) is 13.8 Å². The summed E-state index contributed by atoms with van der Waals surface area (Å²) < 4.78 is 2.39. The van der Waals surface area contributed by atoms with E-state index in [2.05, 4.69) is 279 Å². The number of nitrogens with zero attached hydrogens (tertiary/aromatic N) is 1. The summed E-state index contributed by atoms with van der Waals surface area (Å²) in [6.07, 6.45) is 0. The van der Waals surface area contributed by atoms with Gasteiger partial charge in [0, 0.05) is 16.5 Å². The van der Waals surface area contributed by atoms with Gasteiger partial charge < -0.3 is 4.57 Å². The molecule has 0 aliphatic rings. The third-order valence-corrected chi connectivity index (χ3v) is 14.5. The van der Waals surface area contributed by atoms with Crippen LogP contribution in [0.25, 0.3) is 127 Å². The van der Waals surface area contributed by atoms with E-state index in [1.54, 1.807) is 0 Å². The van der Waals surface area contributed by atoms with E-state index in [9.17, 15) is 0 Å². The molecule has 13 rings (SSSR count). The van der Waals surface area contributed by atoms with Crippen LogP contribution in [0.2, 0.25) is 0 Å². The molecule has 0 radical (unpaired) electrons. The summed E-state index contributed by atoms with van der Waals surface area (Å²) in [5, 5.41) is 7.57. The van der Waals surface area contributed by atoms with Gasteiger partial charge in [-0.05, 0) is 150 Å². The summed E-state index contributed by atoms with van der Waals surface area (Å²) in [6.45, 7) is 4.41. The van der Waals surface area contributed by atoms with Gasteiger partial charge in [-0.25, -0.2) is 0 Å². The highest BCUT2D eigenvalue weighted by Gasteiger charge is 2.19. The van der Waals surface area contributed by atoms with Crippen molar-refractivity contribution in [3.63, 3.8) is 0 Å². The van der Waals surface area contributed by atoms with Gasteiger partial charge >= 0.3 is 0 Å². The van der Waals surface area contributed by atoms with Crippen LogP contribution < -0.4 is 0 Å². The standard InChI is InChI=1S/C70H49N/c1-46-19-39-62-65(42-46)69(56-32-28-53(29-33-56)51-22-20-50(21-23-51)48-12-6-3-7-13-48)61-38-18-47(2)43-66(61)70(62)57-34-30-54(31-35-57)52-24-26-55(27-25-52)59-37-41-68-64(45-59)63-44-58(49-14-8-4-9-15-49)36-40-67(63)71(68)60-16-10-5-11-17-60/h3-45H,1-2H3. The zero-order valence-electron chi connectivity index (χ0n) is 39.8. The predicted molar refractivity (Wildman–Crippen MR) is 303 cm³/mol. The van der Waals surface area contributed by atoms with Crippen molar-refractivity contribution in [3.8, 4) is 83.6 Å². The van der Waals surface area contributed by atoms with Crippen molar-refractivity contribution in [2.24, 2.45) is 0 Å². The van der Waals surface area contributed by atoms with Crippen molar-refractivity contribution in [1.82, 2.24) is 4.57 Å². The molecule has 0 atom stereocenters. The number of hydrogen-bond acceptors (Lipinski definition) is 0. The Morgan fingerprint density at radius 3 is 0.887 bits per heavy atom. The summed E-state index contributed by atoms with van der Waals surface area (Å²) in [6, 6.07) is 96.1. The molecule has 0 aliphatic heterocycles. The maximum atomic E-state index is 2.39. The number of hydrogen-bond donors (Lipinski definition) is 0. The molecule has 12 aromatic carbocycles. The smallest absolute Gasteiger partial charge is 0.0541 e. The predicted octanol–water partition coefficient (Wildman–Crippen LogP) is 19.4. The molecule has 71 heavy (non-hydrogen) atoms. The average molecular weight is 904 g/mol. The van der Waals surface area contributed by atoms with Gasteiger partial charge in [0.05, 0.1) is 11.0 Å². The van der Waals surface area contributed by atoms with Crippen molar-refractivity contribution in [1.29, 1.82) is 0 Å². The first kappa shape index (κ1) is 42.1. The van der Waals surface area contributed by atoms with Crippen molar-refractivity contribution in [3.05, 3.63) is 272 Å². The molecule has 1 nitrogen and oxygen atoms in total. The van der Waals surface area contributed by atoms with E-state index >= 15 is 0 Å². The Morgan fingerprint density at radius 1 is 0.211 bits per heavy atom. The van der Waals surface area contributed by atoms with E-state index in [-0.39, 0.29) is 0 Å². The molecule has 1 aromatic heterocycles. The quantitative estimate of drug-likeness (QED) is 0.134. The van der Waals surface area contributed by atoms with Crippen LogP contribution >= 0.6 is 0 Å². The van der Waals surface area contributed by atoms with Gasteiger partial charge in [0.25, 0.3) is 0 Å². The van der Waals surface area contributed by atoms with Crippen LogP contribution in [-0.4, -0.2) is 4.57 Å². The third-order valence-electron chi connectivity index (χ3n) is 14.5. The zero-order chi connectivity index (χ0) is 47.4. The second-order valence-electron chi connectivity index (χ2n) is 19.0. The molecule has 0 aliphatic carbocycles. The minimum absolute atomic E-state index is 1.16. The van der Waals surface area contributed by atoms with Crippen molar-refractivity contribution >= 4 is 43.4 Å². The van der Waals surface area contributed by atoms with E-state index < -0.39 is 0 Å². The molecule has 334 valence electrons. The molecule has 0 fully saturated rings. The maximum absolute atomic E-state index is 2.39. The van der Waals surface area contributed by atoms with Gasteiger partial charge in [-0.2, -0.15) is 0 Å². The number of aromatic nitrogens is 1. The minimum Gasteiger partial charge on any atom is -0.309 e. The second kappa shape index (κ2) is 17.5. The van der Waals surface area contributed by atoms with E-state index in [0.717, 1.165) is 5.69 Å². The molecule has 0 amide bonds. The molecular formula is C70H49N. The highest BCUT2D eigenvalue weighted by Crippen LogP contribution is 2.45. The minimum atomic E-state index is 1.16. The van der Waals surface area contributed by atoms with Gasteiger partial charge in [-0.3, -0.25) is 0 Å².